The Morgan fingerprint density at radius 3 is 2.29 bits per heavy atom. The first-order chi connectivity index (χ1) is 8.01. The highest BCUT2D eigenvalue weighted by molar-refractivity contribution is 5.76. The molecule has 1 heterocycles. The summed E-state index contributed by atoms with van der Waals surface area (Å²) in [5.74, 6) is 0.234. The molecule has 0 aromatic carbocycles. The lowest BCUT2D eigenvalue weighted by Gasteiger charge is -2.18. The van der Waals surface area contributed by atoms with Crippen LogP contribution in [0.15, 0.2) is 0 Å². The van der Waals surface area contributed by atoms with Gasteiger partial charge in [-0.3, -0.25) is 9.48 Å². The second-order valence-electron chi connectivity index (χ2n) is 4.34. The van der Waals surface area contributed by atoms with Crippen molar-refractivity contribution in [2.45, 2.75) is 40.5 Å². The first-order valence-corrected chi connectivity index (χ1v) is 6.28. The first kappa shape index (κ1) is 13.7. The highest BCUT2D eigenvalue weighted by atomic mass is 16.2. The predicted molar refractivity (Wildman–Crippen MR) is 68.9 cm³/mol. The maximum Gasteiger partial charge on any atom is 0.222 e. The van der Waals surface area contributed by atoms with Gasteiger partial charge < -0.3 is 4.90 Å². The number of carbonyl (C=O) groups is 1. The number of hydrogen-bond acceptors (Lipinski definition) is 2. The van der Waals surface area contributed by atoms with Crippen molar-refractivity contribution < 1.29 is 4.79 Å². The molecule has 0 aliphatic carbocycles. The van der Waals surface area contributed by atoms with Crippen LogP contribution >= 0.6 is 0 Å². The molecule has 1 aromatic heterocycles. The minimum atomic E-state index is 0.234. The summed E-state index contributed by atoms with van der Waals surface area (Å²) in [5, 5.41) is 4.37. The molecule has 0 spiro atoms. The smallest absolute Gasteiger partial charge is 0.222 e. The average molecular weight is 237 g/mol. The molecule has 96 valence electrons. The average Bonchev–Trinajstić information content (AvgIpc) is 2.53. The highest BCUT2D eigenvalue weighted by Crippen LogP contribution is 2.14. The van der Waals surface area contributed by atoms with Crippen molar-refractivity contribution >= 4 is 5.91 Å². The Morgan fingerprint density at radius 1 is 1.29 bits per heavy atom. The van der Waals surface area contributed by atoms with Crippen molar-refractivity contribution in [3.63, 3.8) is 0 Å². The molecule has 0 unspecified atom stereocenters. The van der Waals surface area contributed by atoms with E-state index in [-0.39, 0.29) is 5.91 Å². The fourth-order valence-corrected chi connectivity index (χ4v) is 2.15. The van der Waals surface area contributed by atoms with E-state index in [1.54, 1.807) is 0 Å². The first-order valence-electron chi connectivity index (χ1n) is 6.28. The minimum Gasteiger partial charge on any atom is -0.343 e. The molecule has 0 saturated carbocycles. The predicted octanol–water partition coefficient (Wildman–Crippen LogP) is 1.84. The molecule has 1 amide bonds. The fourth-order valence-electron chi connectivity index (χ4n) is 2.15. The number of aryl methyl sites for hydroxylation is 2. The topological polar surface area (TPSA) is 38.1 Å². The van der Waals surface area contributed by atoms with Crippen molar-refractivity contribution in [1.29, 1.82) is 0 Å². The van der Waals surface area contributed by atoms with Crippen molar-refractivity contribution in [3.05, 3.63) is 17.0 Å². The molecule has 4 nitrogen and oxygen atoms in total. The van der Waals surface area contributed by atoms with Crippen LogP contribution in [0.4, 0.5) is 0 Å². The molecular formula is C13H23N3O. The van der Waals surface area contributed by atoms with Gasteiger partial charge in [-0.1, -0.05) is 0 Å². The number of amides is 1. The van der Waals surface area contributed by atoms with Crippen LogP contribution in [-0.2, 0) is 18.3 Å². The van der Waals surface area contributed by atoms with Gasteiger partial charge in [0.05, 0.1) is 5.69 Å². The van der Waals surface area contributed by atoms with Gasteiger partial charge in [-0.05, 0) is 39.7 Å². The largest absolute Gasteiger partial charge is 0.343 e. The van der Waals surface area contributed by atoms with E-state index in [2.05, 4.69) is 12.0 Å². The molecule has 0 fully saturated rings. The maximum absolute atomic E-state index is 11.9. The Kier molecular flexibility index (Phi) is 4.73. The summed E-state index contributed by atoms with van der Waals surface area (Å²) in [4.78, 5) is 13.8. The van der Waals surface area contributed by atoms with Gasteiger partial charge in [-0.25, -0.2) is 0 Å². The summed E-state index contributed by atoms with van der Waals surface area (Å²) < 4.78 is 1.88. The van der Waals surface area contributed by atoms with Crippen LogP contribution < -0.4 is 0 Å². The van der Waals surface area contributed by atoms with E-state index in [1.165, 1.54) is 5.56 Å². The lowest BCUT2D eigenvalue weighted by molar-refractivity contribution is -0.130. The Labute approximate surface area is 104 Å². The van der Waals surface area contributed by atoms with E-state index in [1.807, 2.05) is 37.4 Å². The van der Waals surface area contributed by atoms with Gasteiger partial charge in [-0.2, -0.15) is 5.10 Å². The minimum absolute atomic E-state index is 0.234. The van der Waals surface area contributed by atoms with E-state index < -0.39 is 0 Å². The van der Waals surface area contributed by atoms with Crippen LogP contribution in [0.5, 0.6) is 0 Å². The van der Waals surface area contributed by atoms with Gasteiger partial charge in [-0.15, -0.1) is 0 Å². The van der Waals surface area contributed by atoms with Gasteiger partial charge in [0.2, 0.25) is 5.91 Å². The molecule has 0 bridgehead atoms. The van der Waals surface area contributed by atoms with Gasteiger partial charge in [0.15, 0.2) is 0 Å². The summed E-state index contributed by atoms with van der Waals surface area (Å²) in [6.45, 7) is 9.67. The molecule has 1 aromatic rings. The highest BCUT2D eigenvalue weighted by Gasteiger charge is 2.13. The molecule has 0 radical (unpaired) electrons. The lowest BCUT2D eigenvalue weighted by Crippen LogP contribution is -2.30. The number of rotatable bonds is 5. The molecule has 0 aliphatic rings. The molecule has 17 heavy (non-hydrogen) atoms. The molecule has 1 rings (SSSR count). The summed E-state index contributed by atoms with van der Waals surface area (Å²) in [6.07, 6.45) is 1.37. The van der Waals surface area contributed by atoms with Crippen LogP contribution in [0.3, 0.4) is 0 Å². The van der Waals surface area contributed by atoms with E-state index in [0.29, 0.717) is 6.42 Å². The Balaban J connectivity index is 2.64. The molecule has 0 N–H and O–H groups in total. The molecule has 0 aliphatic heterocycles. The van der Waals surface area contributed by atoms with Gasteiger partial charge in [0.1, 0.15) is 0 Å². The van der Waals surface area contributed by atoms with Crippen LogP contribution in [-0.4, -0.2) is 33.7 Å². The summed E-state index contributed by atoms with van der Waals surface area (Å²) in [7, 11) is 1.94. The lowest BCUT2D eigenvalue weighted by atomic mass is 10.1. The molecule has 4 heteroatoms. The Hall–Kier alpha value is -1.32. The molecular weight excluding hydrogens is 214 g/mol. The van der Waals surface area contributed by atoms with Crippen LogP contribution in [0.25, 0.3) is 0 Å². The van der Waals surface area contributed by atoms with Gasteiger partial charge in [0, 0.05) is 32.3 Å². The Morgan fingerprint density at radius 2 is 1.88 bits per heavy atom. The zero-order valence-electron chi connectivity index (χ0n) is 11.6. The maximum atomic E-state index is 11.9. The van der Waals surface area contributed by atoms with E-state index in [9.17, 15) is 4.79 Å². The van der Waals surface area contributed by atoms with E-state index in [4.69, 9.17) is 0 Å². The van der Waals surface area contributed by atoms with Gasteiger partial charge >= 0.3 is 0 Å². The quantitative estimate of drug-likeness (QED) is 0.783. The Bertz CT molecular complexity index is 392. The summed E-state index contributed by atoms with van der Waals surface area (Å²) >= 11 is 0. The van der Waals surface area contributed by atoms with Crippen LogP contribution in [0.2, 0.25) is 0 Å². The molecule has 0 atom stereocenters. The monoisotopic (exact) mass is 237 g/mol. The molecule has 0 saturated heterocycles. The number of nitrogens with zero attached hydrogens (tertiary/aromatic N) is 3. The second-order valence-corrected chi connectivity index (χ2v) is 4.34. The standard InChI is InChI=1S/C13H23N3O/c1-6-16(7-2)13(17)9-8-12-10(3)14-15(5)11(12)4/h6-9H2,1-5H3. The third-order valence-corrected chi connectivity index (χ3v) is 3.36. The van der Waals surface area contributed by atoms with Crippen molar-refractivity contribution in [2.24, 2.45) is 7.05 Å². The van der Waals surface area contributed by atoms with E-state index >= 15 is 0 Å². The van der Waals surface area contributed by atoms with Crippen molar-refractivity contribution in [3.8, 4) is 0 Å². The zero-order chi connectivity index (χ0) is 13.0. The second kappa shape index (κ2) is 5.84. The van der Waals surface area contributed by atoms with Crippen molar-refractivity contribution in [1.82, 2.24) is 14.7 Å². The number of carbonyl (C=O) groups excluding carboxylic acids is 1. The third kappa shape index (κ3) is 3.08. The van der Waals surface area contributed by atoms with E-state index in [0.717, 1.165) is 30.9 Å². The summed E-state index contributed by atoms with van der Waals surface area (Å²) in [6, 6.07) is 0. The third-order valence-electron chi connectivity index (χ3n) is 3.36. The fraction of sp³-hybridized carbons (Fsp3) is 0.692. The normalized spacial score (nSPS) is 10.6. The van der Waals surface area contributed by atoms with Crippen molar-refractivity contribution in [2.75, 3.05) is 13.1 Å². The SMILES string of the molecule is CCN(CC)C(=O)CCc1c(C)nn(C)c1C. The van der Waals surface area contributed by atoms with Gasteiger partial charge in [0.25, 0.3) is 0 Å². The number of hydrogen-bond donors (Lipinski definition) is 0. The number of aromatic nitrogens is 2. The van der Waals surface area contributed by atoms with Crippen LogP contribution in [0, 0.1) is 13.8 Å². The zero-order valence-corrected chi connectivity index (χ0v) is 11.6. The summed E-state index contributed by atoms with van der Waals surface area (Å²) in [5.41, 5.74) is 3.42. The van der Waals surface area contributed by atoms with Crippen LogP contribution in [0.1, 0.15) is 37.2 Å².